The minimum absolute atomic E-state index is 0.0402. The van der Waals surface area contributed by atoms with Gasteiger partial charge in [0.25, 0.3) is 0 Å². The van der Waals surface area contributed by atoms with Crippen LogP contribution >= 0.6 is 0 Å². The minimum atomic E-state index is -0.0402. The van der Waals surface area contributed by atoms with Crippen LogP contribution in [-0.4, -0.2) is 24.7 Å². The molecule has 0 radical (unpaired) electrons. The van der Waals surface area contributed by atoms with Crippen molar-refractivity contribution in [2.24, 2.45) is 5.41 Å². The van der Waals surface area contributed by atoms with E-state index in [1.165, 1.54) is 12.8 Å². The van der Waals surface area contributed by atoms with Crippen LogP contribution in [0, 0.1) is 5.41 Å². The van der Waals surface area contributed by atoms with E-state index >= 15 is 0 Å². The monoisotopic (exact) mass is 317 g/mol. The van der Waals surface area contributed by atoms with Gasteiger partial charge in [-0.15, -0.1) is 0 Å². The van der Waals surface area contributed by atoms with Gasteiger partial charge >= 0.3 is 0 Å². The molecule has 1 aromatic rings. The van der Waals surface area contributed by atoms with E-state index in [-0.39, 0.29) is 11.5 Å². The second kappa shape index (κ2) is 7.96. The maximum absolute atomic E-state index is 12.1. The highest BCUT2D eigenvalue weighted by atomic mass is 16.5. The summed E-state index contributed by atoms with van der Waals surface area (Å²) in [5.41, 5.74) is 1.35. The van der Waals surface area contributed by atoms with E-state index in [1.807, 2.05) is 30.3 Å². The molecule has 2 rings (SSSR count). The lowest BCUT2D eigenvalue weighted by molar-refractivity contribution is -0.121. The molecule has 23 heavy (non-hydrogen) atoms. The number of nitrogens with one attached hydrogen (secondary N) is 1. The molecule has 0 bridgehead atoms. The van der Waals surface area contributed by atoms with Crippen molar-refractivity contribution in [3.8, 4) is 0 Å². The number of benzene rings is 1. The zero-order valence-electron chi connectivity index (χ0n) is 14.9. The summed E-state index contributed by atoms with van der Waals surface area (Å²) in [6.07, 6.45) is 6.12. The number of carbonyl (C=O) groups is 1. The van der Waals surface area contributed by atoms with E-state index in [0.29, 0.717) is 11.8 Å². The third-order valence-electron chi connectivity index (χ3n) is 4.89. The van der Waals surface area contributed by atoms with Crippen molar-refractivity contribution in [3.05, 3.63) is 35.9 Å². The summed E-state index contributed by atoms with van der Waals surface area (Å²) in [4.78, 5) is 12.1. The first-order chi connectivity index (χ1) is 10.9. The molecule has 0 aliphatic carbocycles. The summed E-state index contributed by atoms with van der Waals surface area (Å²) >= 11 is 0. The molecule has 1 atom stereocenters. The molecule has 0 spiro atoms. The molecule has 0 unspecified atom stereocenters. The summed E-state index contributed by atoms with van der Waals surface area (Å²) in [5, 5.41) is 3.11. The van der Waals surface area contributed by atoms with Crippen LogP contribution in [-0.2, 0) is 16.0 Å². The van der Waals surface area contributed by atoms with Gasteiger partial charge in [0, 0.05) is 13.2 Å². The molecule has 3 heteroatoms. The van der Waals surface area contributed by atoms with E-state index < -0.39 is 0 Å². The molecule has 0 saturated carbocycles. The summed E-state index contributed by atoms with van der Waals surface area (Å²) in [5.74, 6) is 0.120. The molecular formula is C20H31NO2. The fraction of sp³-hybridized carbons (Fsp3) is 0.650. The van der Waals surface area contributed by atoms with E-state index in [1.54, 1.807) is 0 Å². The fourth-order valence-corrected chi connectivity index (χ4v) is 3.98. The van der Waals surface area contributed by atoms with E-state index in [9.17, 15) is 4.79 Å². The largest absolute Gasteiger partial charge is 0.376 e. The van der Waals surface area contributed by atoms with Crippen molar-refractivity contribution in [3.63, 3.8) is 0 Å². The summed E-state index contributed by atoms with van der Waals surface area (Å²) < 4.78 is 5.89. The Morgan fingerprint density at radius 1 is 1.22 bits per heavy atom. The standard InChI is InChI=1S/C20H31NO2/c1-4-10-20(12-14-23-19(2,3)16-20)11-13-21-18(22)15-17-8-6-5-7-9-17/h5-9H,4,10-16H2,1-3H3,(H,21,22)/t20-/m1/s1. The van der Waals surface area contributed by atoms with Crippen molar-refractivity contribution < 1.29 is 9.53 Å². The van der Waals surface area contributed by atoms with E-state index in [2.05, 4.69) is 26.1 Å². The van der Waals surface area contributed by atoms with Gasteiger partial charge in [0.1, 0.15) is 0 Å². The van der Waals surface area contributed by atoms with Crippen LogP contribution in [0.1, 0.15) is 58.4 Å². The number of ether oxygens (including phenoxy) is 1. The topological polar surface area (TPSA) is 38.3 Å². The van der Waals surface area contributed by atoms with E-state index in [4.69, 9.17) is 4.74 Å². The number of hydrogen-bond donors (Lipinski definition) is 1. The van der Waals surface area contributed by atoms with Crippen molar-refractivity contribution in [1.82, 2.24) is 5.32 Å². The second-order valence-electron chi connectivity index (χ2n) is 7.55. The van der Waals surface area contributed by atoms with Crippen molar-refractivity contribution in [1.29, 1.82) is 0 Å². The summed E-state index contributed by atoms with van der Waals surface area (Å²) in [7, 11) is 0. The molecule has 1 saturated heterocycles. The number of carbonyl (C=O) groups excluding carboxylic acids is 1. The molecule has 1 N–H and O–H groups in total. The summed E-state index contributed by atoms with van der Waals surface area (Å²) in [6.45, 7) is 8.22. The zero-order chi connectivity index (χ0) is 16.8. The Hall–Kier alpha value is -1.35. The first kappa shape index (κ1) is 18.0. The molecule has 128 valence electrons. The molecule has 1 fully saturated rings. The quantitative estimate of drug-likeness (QED) is 0.822. The van der Waals surface area contributed by atoms with Gasteiger partial charge < -0.3 is 10.1 Å². The summed E-state index contributed by atoms with van der Waals surface area (Å²) in [6, 6.07) is 9.92. The number of rotatable bonds is 7. The van der Waals surface area contributed by atoms with Gasteiger partial charge in [0.2, 0.25) is 5.91 Å². The Kier molecular flexibility index (Phi) is 6.23. The molecule has 1 amide bonds. The van der Waals surface area contributed by atoms with Crippen LogP contribution in [0.4, 0.5) is 0 Å². The maximum Gasteiger partial charge on any atom is 0.224 e. The SMILES string of the molecule is CCC[C@@]1(CCNC(=O)Cc2ccccc2)CCOC(C)(C)C1. The average Bonchev–Trinajstić information content (AvgIpc) is 2.47. The Bertz CT molecular complexity index is 494. The Balaban J connectivity index is 1.83. The molecule has 1 aliphatic heterocycles. The Labute approximate surface area is 140 Å². The van der Waals surface area contributed by atoms with Crippen LogP contribution in [0.5, 0.6) is 0 Å². The molecule has 3 nitrogen and oxygen atoms in total. The van der Waals surface area contributed by atoms with Gasteiger partial charge in [-0.1, -0.05) is 43.7 Å². The highest BCUT2D eigenvalue weighted by Crippen LogP contribution is 2.44. The van der Waals surface area contributed by atoms with Gasteiger partial charge in [0.05, 0.1) is 12.0 Å². The average molecular weight is 317 g/mol. The molecular weight excluding hydrogens is 286 g/mol. The predicted molar refractivity (Wildman–Crippen MR) is 94.4 cm³/mol. The lowest BCUT2D eigenvalue weighted by Crippen LogP contribution is -2.43. The first-order valence-corrected chi connectivity index (χ1v) is 8.89. The number of amides is 1. The second-order valence-corrected chi connectivity index (χ2v) is 7.55. The van der Waals surface area contributed by atoms with Crippen LogP contribution in [0.15, 0.2) is 30.3 Å². The minimum Gasteiger partial charge on any atom is -0.376 e. The van der Waals surface area contributed by atoms with Crippen molar-refractivity contribution >= 4 is 5.91 Å². The maximum atomic E-state index is 12.1. The van der Waals surface area contributed by atoms with Gasteiger partial charge in [-0.05, 0) is 50.5 Å². The molecule has 1 aliphatic rings. The Morgan fingerprint density at radius 2 is 1.96 bits per heavy atom. The van der Waals surface area contributed by atoms with Gasteiger partial charge in [-0.3, -0.25) is 4.79 Å². The van der Waals surface area contributed by atoms with Gasteiger partial charge in [-0.25, -0.2) is 0 Å². The predicted octanol–water partition coefficient (Wildman–Crippen LogP) is 4.11. The van der Waals surface area contributed by atoms with E-state index in [0.717, 1.165) is 38.0 Å². The van der Waals surface area contributed by atoms with Gasteiger partial charge in [-0.2, -0.15) is 0 Å². The molecule has 1 heterocycles. The molecule has 0 aromatic heterocycles. The number of hydrogen-bond acceptors (Lipinski definition) is 2. The van der Waals surface area contributed by atoms with Crippen LogP contribution in [0.2, 0.25) is 0 Å². The van der Waals surface area contributed by atoms with Crippen molar-refractivity contribution in [2.45, 2.75) is 64.9 Å². The third-order valence-corrected chi connectivity index (χ3v) is 4.89. The Morgan fingerprint density at radius 3 is 2.61 bits per heavy atom. The van der Waals surface area contributed by atoms with Crippen LogP contribution in [0.3, 0.4) is 0 Å². The highest BCUT2D eigenvalue weighted by molar-refractivity contribution is 5.78. The highest BCUT2D eigenvalue weighted by Gasteiger charge is 2.39. The fourth-order valence-electron chi connectivity index (χ4n) is 3.98. The third kappa shape index (κ3) is 5.65. The smallest absolute Gasteiger partial charge is 0.224 e. The van der Waals surface area contributed by atoms with Crippen molar-refractivity contribution in [2.75, 3.05) is 13.2 Å². The lowest BCUT2D eigenvalue weighted by atomic mass is 9.69. The normalized spacial score (nSPS) is 23.4. The molecule has 1 aromatic carbocycles. The lowest BCUT2D eigenvalue weighted by Gasteiger charge is -2.45. The first-order valence-electron chi connectivity index (χ1n) is 8.89. The van der Waals surface area contributed by atoms with Gasteiger partial charge in [0.15, 0.2) is 0 Å². The zero-order valence-corrected chi connectivity index (χ0v) is 14.9. The van der Waals surface area contributed by atoms with Crippen LogP contribution < -0.4 is 5.32 Å². The van der Waals surface area contributed by atoms with Crippen LogP contribution in [0.25, 0.3) is 0 Å².